The molecule has 0 saturated carbocycles. The number of allylic oxidation sites excluding steroid dienone is 2. The summed E-state index contributed by atoms with van der Waals surface area (Å²) in [6.45, 7) is 1.43. The fraction of sp³-hybridized carbons (Fsp3) is 0.429. The van der Waals surface area contributed by atoms with Gasteiger partial charge in [0.15, 0.2) is 11.6 Å². The van der Waals surface area contributed by atoms with E-state index in [2.05, 4.69) is 0 Å². The number of ketones is 2. The molecule has 0 spiro atoms. The lowest BCUT2D eigenvalue weighted by Crippen LogP contribution is -2.03. The Morgan fingerprint density at radius 3 is 2.56 bits per heavy atom. The van der Waals surface area contributed by atoms with E-state index in [1.807, 2.05) is 0 Å². The Morgan fingerprint density at radius 1 is 1.67 bits per heavy atom. The molecule has 9 heavy (non-hydrogen) atoms. The van der Waals surface area contributed by atoms with E-state index in [1.54, 1.807) is 6.08 Å². The predicted molar refractivity (Wildman–Crippen MR) is 33.0 cm³/mol. The predicted octanol–water partition coefficient (Wildman–Crippen LogP) is 0.865. The van der Waals surface area contributed by atoms with Crippen LogP contribution in [0.2, 0.25) is 0 Å². The standard InChI is InChI=1S/C7H8O2/c1-5(8)6-3-2-4-7(6)9/h3H,2,4H2,1H3. The molecule has 0 amide bonds. The lowest BCUT2D eigenvalue weighted by Gasteiger charge is -1.88. The van der Waals surface area contributed by atoms with Crippen LogP contribution in [-0.2, 0) is 9.59 Å². The Hall–Kier alpha value is -0.920. The van der Waals surface area contributed by atoms with Gasteiger partial charge >= 0.3 is 0 Å². The number of hydrogen-bond acceptors (Lipinski definition) is 2. The maximum atomic E-state index is 10.7. The second-order valence-corrected chi connectivity index (χ2v) is 2.14. The zero-order valence-electron chi connectivity index (χ0n) is 5.31. The normalized spacial score (nSPS) is 17.9. The molecule has 0 N–H and O–H groups in total. The van der Waals surface area contributed by atoms with Gasteiger partial charge in [0.2, 0.25) is 0 Å². The van der Waals surface area contributed by atoms with Gasteiger partial charge in [-0.15, -0.1) is 0 Å². The molecule has 48 valence electrons. The smallest absolute Gasteiger partial charge is 0.166 e. The van der Waals surface area contributed by atoms with Crippen molar-refractivity contribution in [2.45, 2.75) is 19.8 Å². The highest BCUT2D eigenvalue weighted by molar-refractivity contribution is 6.20. The minimum atomic E-state index is -0.0995. The minimum absolute atomic E-state index is 0.00231. The molecule has 0 atom stereocenters. The SMILES string of the molecule is CC(=O)C1=CCCC1=O. The van der Waals surface area contributed by atoms with Crippen molar-refractivity contribution in [3.63, 3.8) is 0 Å². The van der Waals surface area contributed by atoms with Gasteiger partial charge in [0.25, 0.3) is 0 Å². The Bertz CT molecular complexity index is 189. The summed E-state index contributed by atoms with van der Waals surface area (Å²) in [6.07, 6.45) is 2.98. The number of carbonyl (C=O) groups is 2. The maximum Gasteiger partial charge on any atom is 0.166 e. The van der Waals surface area contributed by atoms with Crippen molar-refractivity contribution in [1.82, 2.24) is 0 Å². The van der Waals surface area contributed by atoms with Crippen molar-refractivity contribution >= 4 is 11.6 Å². The Kier molecular flexibility index (Phi) is 1.47. The molecule has 2 heteroatoms. The molecule has 0 fully saturated rings. The molecular formula is C7H8O2. The molecule has 0 bridgehead atoms. The second kappa shape index (κ2) is 2.13. The van der Waals surface area contributed by atoms with Gasteiger partial charge in [0, 0.05) is 6.42 Å². The van der Waals surface area contributed by atoms with Gasteiger partial charge in [0.1, 0.15) is 0 Å². The van der Waals surface area contributed by atoms with E-state index in [1.165, 1.54) is 6.92 Å². The molecule has 0 saturated heterocycles. The zero-order valence-corrected chi connectivity index (χ0v) is 5.31. The molecular weight excluding hydrogens is 116 g/mol. The summed E-state index contributed by atoms with van der Waals surface area (Å²) in [6, 6.07) is 0. The van der Waals surface area contributed by atoms with Gasteiger partial charge in [0.05, 0.1) is 5.57 Å². The second-order valence-electron chi connectivity index (χ2n) is 2.14. The van der Waals surface area contributed by atoms with Crippen LogP contribution in [0.25, 0.3) is 0 Å². The topological polar surface area (TPSA) is 34.1 Å². The van der Waals surface area contributed by atoms with Crippen LogP contribution in [0.4, 0.5) is 0 Å². The van der Waals surface area contributed by atoms with Crippen LogP contribution in [0, 0.1) is 0 Å². The quantitative estimate of drug-likeness (QED) is 0.486. The third-order valence-corrected chi connectivity index (χ3v) is 1.40. The highest BCUT2D eigenvalue weighted by atomic mass is 16.1. The molecule has 1 rings (SSSR count). The fourth-order valence-corrected chi connectivity index (χ4v) is 0.936. The van der Waals surface area contributed by atoms with E-state index in [9.17, 15) is 9.59 Å². The van der Waals surface area contributed by atoms with Crippen LogP contribution in [0.15, 0.2) is 11.6 Å². The first kappa shape index (κ1) is 6.20. The van der Waals surface area contributed by atoms with E-state index in [-0.39, 0.29) is 11.6 Å². The lowest BCUT2D eigenvalue weighted by molar-refractivity contribution is -0.119. The molecule has 0 aromatic heterocycles. The van der Waals surface area contributed by atoms with Crippen molar-refractivity contribution in [2.75, 3.05) is 0 Å². The van der Waals surface area contributed by atoms with E-state index in [0.717, 1.165) is 6.42 Å². The number of hydrogen-bond donors (Lipinski definition) is 0. The molecule has 0 aliphatic heterocycles. The number of rotatable bonds is 1. The lowest BCUT2D eigenvalue weighted by atomic mass is 10.1. The van der Waals surface area contributed by atoms with Gasteiger partial charge in [-0.1, -0.05) is 6.08 Å². The van der Waals surface area contributed by atoms with E-state index >= 15 is 0 Å². The summed E-state index contributed by atoms with van der Waals surface area (Å²) in [5, 5.41) is 0. The summed E-state index contributed by atoms with van der Waals surface area (Å²) in [4.78, 5) is 21.3. The van der Waals surface area contributed by atoms with Crippen LogP contribution in [0.1, 0.15) is 19.8 Å². The van der Waals surface area contributed by atoms with Crippen molar-refractivity contribution in [3.05, 3.63) is 11.6 Å². The first-order valence-corrected chi connectivity index (χ1v) is 2.96. The highest BCUT2D eigenvalue weighted by Crippen LogP contribution is 2.13. The third-order valence-electron chi connectivity index (χ3n) is 1.40. The van der Waals surface area contributed by atoms with Gasteiger partial charge in [-0.05, 0) is 13.3 Å². The van der Waals surface area contributed by atoms with E-state index < -0.39 is 0 Å². The van der Waals surface area contributed by atoms with Gasteiger partial charge in [-0.3, -0.25) is 9.59 Å². The summed E-state index contributed by atoms with van der Waals surface area (Å²) < 4.78 is 0. The first-order chi connectivity index (χ1) is 4.22. The van der Waals surface area contributed by atoms with Crippen LogP contribution in [0.3, 0.4) is 0 Å². The van der Waals surface area contributed by atoms with Crippen molar-refractivity contribution in [2.24, 2.45) is 0 Å². The molecule has 2 nitrogen and oxygen atoms in total. The average molecular weight is 124 g/mol. The van der Waals surface area contributed by atoms with Gasteiger partial charge in [-0.2, -0.15) is 0 Å². The van der Waals surface area contributed by atoms with Crippen LogP contribution >= 0.6 is 0 Å². The van der Waals surface area contributed by atoms with Crippen molar-refractivity contribution in [3.8, 4) is 0 Å². The molecule has 0 aromatic rings. The minimum Gasteiger partial charge on any atom is -0.294 e. The summed E-state index contributed by atoms with van der Waals surface area (Å²) in [5.41, 5.74) is 0.398. The molecule has 0 heterocycles. The van der Waals surface area contributed by atoms with E-state index in [4.69, 9.17) is 0 Å². The molecule has 0 radical (unpaired) electrons. The number of carbonyl (C=O) groups excluding carboxylic acids is 2. The molecule has 1 aliphatic carbocycles. The molecule has 1 aliphatic rings. The van der Waals surface area contributed by atoms with Crippen molar-refractivity contribution < 1.29 is 9.59 Å². The third kappa shape index (κ3) is 1.07. The van der Waals surface area contributed by atoms with E-state index in [0.29, 0.717) is 12.0 Å². The summed E-state index contributed by atoms with van der Waals surface area (Å²) in [5.74, 6) is -0.0972. The average Bonchev–Trinajstić information content (AvgIpc) is 2.13. The largest absolute Gasteiger partial charge is 0.294 e. The number of Topliss-reactive ketones (excluding diaryl/α,β-unsaturated/α-hetero) is 2. The maximum absolute atomic E-state index is 10.7. The highest BCUT2D eigenvalue weighted by Gasteiger charge is 2.17. The summed E-state index contributed by atoms with van der Waals surface area (Å²) >= 11 is 0. The zero-order chi connectivity index (χ0) is 6.85. The molecule has 0 aromatic carbocycles. The van der Waals surface area contributed by atoms with Gasteiger partial charge < -0.3 is 0 Å². The van der Waals surface area contributed by atoms with Crippen LogP contribution in [-0.4, -0.2) is 11.6 Å². The fourth-order valence-electron chi connectivity index (χ4n) is 0.936. The molecule has 0 unspecified atom stereocenters. The van der Waals surface area contributed by atoms with Gasteiger partial charge in [-0.25, -0.2) is 0 Å². The summed E-state index contributed by atoms with van der Waals surface area (Å²) in [7, 11) is 0. The van der Waals surface area contributed by atoms with Crippen LogP contribution in [0.5, 0.6) is 0 Å². The Morgan fingerprint density at radius 2 is 2.33 bits per heavy atom. The van der Waals surface area contributed by atoms with Crippen molar-refractivity contribution in [1.29, 1.82) is 0 Å². The Labute approximate surface area is 53.6 Å². The van der Waals surface area contributed by atoms with Crippen LogP contribution < -0.4 is 0 Å². The monoisotopic (exact) mass is 124 g/mol. The Balaban J connectivity index is 2.80. The first-order valence-electron chi connectivity index (χ1n) is 2.96.